The Morgan fingerprint density at radius 1 is 1.28 bits per heavy atom. The molecule has 3 rings (SSSR count). The monoisotopic (exact) mass is 247 g/mol. The maximum atomic E-state index is 6.04. The number of hydrogen-bond acceptors (Lipinski definition) is 4. The third-order valence-corrected chi connectivity index (χ3v) is 4.22. The van der Waals surface area contributed by atoms with Crippen LogP contribution in [0.3, 0.4) is 0 Å². The van der Waals surface area contributed by atoms with Gasteiger partial charge in [-0.05, 0) is 46.7 Å². The minimum Gasteiger partial charge on any atom is -0.364 e. The Bertz CT molecular complexity index is 470. The molecule has 3 heterocycles. The van der Waals surface area contributed by atoms with Crippen LogP contribution >= 0.6 is 0 Å². The molecule has 1 aromatic heterocycles. The molecule has 0 aliphatic carbocycles. The summed E-state index contributed by atoms with van der Waals surface area (Å²) in [6.07, 6.45) is 2.37. The van der Waals surface area contributed by atoms with Crippen molar-refractivity contribution in [3.05, 3.63) is 22.8 Å². The van der Waals surface area contributed by atoms with Gasteiger partial charge in [-0.25, -0.2) is 9.97 Å². The van der Waals surface area contributed by atoms with Crippen molar-refractivity contribution in [1.82, 2.24) is 14.9 Å². The maximum absolute atomic E-state index is 6.04. The average Bonchev–Trinajstić information content (AvgIpc) is 2.55. The van der Waals surface area contributed by atoms with E-state index in [1.54, 1.807) is 0 Å². The second-order valence-corrected chi connectivity index (χ2v) is 5.65. The van der Waals surface area contributed by atoms with Crippen LogP contribution in [0, 0.1) is 13.8 Å². The molecular formula is C14H21N3O. The Morgan fingerprint density at radius 3 is 2.72 bits per heavy atom. The Morgan fingerprint density at radius 2 is 2.06 bits per heavy atom. The summed E-state index contributed by atoms with van der Waals surface area (Å²) < 4.78 is 6.04. The molecule has 0 saturated carbocycles. The molecule has 18 heavy (non-hydrogen) atoms. The van der Waals surface area contributed by atoms with Crippen LogP contribution in [0.2, 0.25) is 0 Å². The third kappa shape index (κ3) is 1.93. The molecule has 1 saturated heterocycles. The molecule has 4 heteroatoms. The van der Waals surface area contributed by atoms with E-state index in [1.807, 2.05) is 6.92 Å². The molecule has 0 amide bonds. The third-order valence-electron chi connectivity index (χ3n) is 4.22. The van der Waals surface area contributed by atoms with Crippen LogP contribution in [0.25, 0.3) is 0 Å². The summed E-state index contributed by atoms with van der Waals surface area (Å²) in [5, 5.41) is 0. The lowest BCUT2D eigenvalue weighted by molar-refractivity contribution is -0.0406. The molecule has 2 aliphatic rings. The smallest absolute Gasteiger partial charge is 0.125 e. The van der Waals surface area contributed by atoms with Gasteiger partial charge in [0.1, 0.15) is 11.4 Å². The fourth-order valence-electron chi connectivity index (χ4n) is 2.81. The zero-order chi connectivity index (χ0) is 12.8. The van der Waals surface area contributed by atoms with Crippen LogP contribution in [0.1, 0.15) is 42.5 Å². The van der Waals surface area contributed by atoms with Crippen molar-refractivity contribution < 1.29 is 4.74 Å². The van der Waals surface area contributed by atoms with Crippen molar-refractivity contribution in [2.45, 2.75) is 45.8 Å². The van der Waals surface area contributed by atoms with Crippen LogP contribution in [0.5, 0.6) is 0 Å². The van der Waals surface area contributed by atoms with Gasteiger partial charge in [-0.3, -0.25) is 0 Å². The van der Waals surface area contributed by atoms with Gasteiger partial charge in [0.15, 0.2) is 0 Å². The first-order valence-corrected chi connectivity index (χ1v) is 6.79. The summed E-state index contributed by atoms with van der Waals surface area (Å²) in [6.45, 7) is 10.4. The van der Waals surface area contributed by atoms with Gasteiger partial charge in [-0.2, -0.15) is 0 Å². The molecule has 0 radical (unpaired) electrons. The quantitative estimate of drug-likeness (QED) is 0.818. The zero-order valence-corrected chi connectivity index (χ0v) is 11.5. The number of rotatable bonds is 3. The van der Waals surface area contributed by atoms with Crippen molar-refractivity contribution in [3.8, 4) is 0 Å². The van der Waals surface area contributed by atoms with Gasteiger partial charge in [-0.1, -0.05) is 0 Å². The molecule has 2 aliphatic heterocycles. The molecular weight excluding hydrogens is 226 g/mol. The minimum absolute atomic E-state index is 0.219. The zero-order valence-electron chi connectivity index (χ0n) is 11.5. The first-order chi connectivity index (χ1) is 8.58. The fourth-order valence-corrected chi connectivity index (χ4v) is 2.81. The number of fused-ring (bicyclic) bond motifs is 1. The van der Waals surface area contributed by atoms with Gasteiger partial charge in [0.05, 0.1) is 12.3 Å². The van der Waals surface area contributed by atoms with Gasteiger partial charge in [-0.15, -0.1) is 0 Å². The van der Waals surface area contributed by atoms with Crippen LogP contribution in [-0.2, 0) is 16.9 Å². The maximum Gasteiger partial charge on any atom is 0.125 e. The molecule has 0 bridgehead atoms. The van der Waals surface area contributed by atoms with Crippen molar-refractivity contribution in [2.24, 2.45) is 0 Å². The Hall–Kier alpha value is -1.00. The summed E-state index contributed by atoms with van der Waals surface area (Å²) in [5.41, 5.74) is 3.17. The average molecular weight is 247 g/mol. The van der Waals surface area contributed by atoms with Crippen molar-refractivity contribution in [1.29, 1.82) is 0 Å². The largest absolute Gasteiger partial charge is 0.364 e. The normalized spacial score (nSPS) is 27.1. The van der Waals surface area contributed by atoms with E-state index < -0.39 is 0 Å². The lowest BCUT2D eigenvalue weighted by atomic mass is 9.95. The number of hydrogen-bond donors (Lipinski definition) is 0. The first kappa shape index (κ1) is 12.1. The SMILES string of the molecule is Cc1nc(C)c2c(n1)C(C)(CCN1CCC1)OC2. The van der Waals surface area contributed by atoms with Crippen LogP contribution in [0.15, 0.2) is 0 Å². The molecule has 4 nitrogen and oxygen atoms in total. The van der Waals surface area contributed by atoms with Crippen LogP contribution in [-0.4, -0.2) is 34.5 Å². The van der Waals surface area contributed by atoms with E-state index >= 15 is 0 Å². The molecule has 98 valence electrons. The van der Waals surface area contributed by atoms with Gasteiger partial charge < -0.3 is 9.64 Å². The highest BCUT2D eigenvalue weighted by Gasteiger charge is 2.39. The van der Waals surface area contributed by atoms with E-state index in [0.29, 0.717) is 6.61 Å². The van der Waals surface area contributed by atoms with E-state index in [9.17, 15) is 0 Å². The number of ether oxygens (including phenoxy) is 1. The van der Waals surface area contributed by atoms with Crippen molar-refractivity contribution in [3.63, 3.8) is 0 Å². The molecule has 0 N–H and O–H groups in total. The Kier molecular flexibility index (Phi) is 2.87. The van der Waals surface area contributed by atoms with Crippen molar-refractivity contribution >= 4 is 0 Å². The summed E-state index contributed by atoms with van der Waals surface area (Å²) in [4.78, 5) is 11.5. The van der Waals surface area contributed by atoms with Crippen LogP contribution in [0.4, 0.5) is 0 Å². The molecule has 1 atom stereocenters. The van der Waals surface area contributed by atoms with Gasteiger partial charge in [0.2, 0.25) is 0 Å². The number of aromatic nitrogens is 2. The topological polar surface area (TPSA) is 38.2 Å². The second kappa shape index (κ2) is 4.28. The van der Waals surface area contributed by atoms with E-state index in [1.165, 1.54) is 25.1 Å². The van der Waals surface area contributed by atoms with Gasteiger partial charge in [0, 0.05) is 17.8 Å². The van der Waals surface area contributed by atoms with Crippen LogP contribution < -0.4 is 0 Å². The van der Waals surface area contributed by atoms with E-state index in [2.05, 4.69) is 28.7 Å². The lowest BCUT2D eigenvalue weighted by Crippen LogP contribution is -2.40. The second-order valence-electron chi connectivity index (χ2n) is 5.65. The Labute approximate surface area is 108 Å². The molecule has 1 unspecified atom stereocenters. The molecule has 0 aromatic carbocycles. The van der Waals surface area contributed by atoms with Gasteiger partial charge in [0.25, 0.3) is 0 Å². The van der Waals surface area contributed by atoms with E-state index in [-0.39, 0.29) is 5.60 Å². The summed E-state index contributed by atoms with van der Waals surface area (Å²) in [7, 11) is 0. The number of aryl methyl sites for hydroxylation is 2. The van der Waals surface area contributed by atoms with E-state index in [0.717, 1.165) is 30.2 Å². The molecule has 0 spiro atoms. The van der Waals surface area contributed by atoms with E-state index in [4.69, 9.17) is 4.74 Å². The fraction of sp³-hybridized carbons (Fsp3) is 0.714. The predicted octanol–water partition coefficient (Wildman–Crippen LogP) is 1.93. The highest BCUT2D eigenvalue weighted by Crippen LogP contribution is 2.38. The summed E-state index contributed by atoms with van der Waals surface area (Å²) in [6, 6.07) is 0. The highest BCUT2D eigenvalue weighted by molar-refractivity contribution is 5.32. The van der Waals surface area contributed by atoms with Crippen molar-refractivity contribution in [2.75, 3.05) is 19.6 Å². The number of nitrogens with zero attached hydrogens (tertiary/aromatic N) is 3. The standard InChI is InChI=1S/C14H21N3O/c1-10-12-9-18-14(3,5-8-17-6-4-7-17)13(12)16-11(2)15-10/h4-9H2,1-3H3. The molecule has 1 fully saturated rings. The Balaban J connectivity index is 1.83. The number of likely N-dealkylation sites (tertiary alicyclic amines) is 1. The first-order valence-electron chi connectivity index (χ1n) is 6.79. The predicted molar refractivity (Wildman–Crippen MR) is 69.3 cm³/mol. The molecule has 1 aromatic rings. The van der Waals surface area contributed by atoms with Gasteiger partial charge >= 0.3 is 0 Å². The lowest BCUT2D eigenvalue weighted by Gasteiger charge is -2.34. The summed E-state index contributed by atoms with van der Waals surface area (Å²) in [5.74, 6) is 0.854. The minimum atomic E-state index is -0.219. The summed E-state index contributed by atoms with van der Waals surface area (Å²) >= 11 is 0. The highest BCUT2D eigenvalue weighted by atomic mass is 16.5.